The van der Waals surface area contributed by atoms with E-state index in [0.29, 0.717) is 35.0 Å². The molecule has 5 rings (SSSR count). The van der Waals surface area contributed by atoms with Crippen LogP contribution in [0.4, 0.5) is 8.78 Å². The van der Waals surface area contributed by atoms with Crippen molar-refractivity contribution >= 4 is 23.3 Å². The van der Waals surface area contributed by atoms with Crippen molar-refractivity contribution in [1.29, 1.82) is 0 Å². The second-order valence-corrected chi connectivity index (χ2v) is 11.6. The molecular formula is C32H35F2N5O2S. The number of rotatable bonds is 7. The summed E-state index contributed by atoms with van der Waals surface area (Å²) in [5.41, 5.74) is 2.16. The maximum Gasteiger partial charge on any atom is 0.264 e. The van der Waals surface area contributed by atoms with Crippen LogP contribution in [0.1, 0.15) is 53.9 Å². The summed E-state index contributed by atoms with van der Waals surface area (Å²) < 4.78 is 35.3. The average Bonchev–Trinajstić information content (AvgIpc) is 3.31. The largest absolute Gasteiger partial charge is 0.495 e. The molecule has 2 aromatic heterocycles. The third-order valence-electron chi connectivity index (χ3n) is 7.54. The number of piperazine rings is 1. The molecule has 4 heterocycles. The van der Waals surface area contributed by atoms with Crippen molar-refractivity contribution < 1.29 is 18.3 Å². The summed E-state index contributed by atoms with van der Waals surface area (Å²) in [5, 5.41) is 3.55. The second-order valence-electron chi connectivity index (χ2n) is 10.5. The van der Waals surface area contributed by atoms with Crippen molar-refractivity contribution in [3.63, 3.8) is 0 Å². The Kier molecular flexibility index (Phi) is 9.62. The van der Waals surface area contributed by atoms with Crippen LogP contribution in [0, 0.1) is 17.8 Å². The molecule has 0 bridgehead atoms. The van der Waals surface area contributed by atoms with Gasteiger partial charge in [0.15, 0.2) is 0 Å². The minimum absolute atomic E-state index is 0.0900. The molecule has 1 N–H and O–H groups in total. The van der Waals surface area contributed by atoms with E-state index in [-0.39, 0.29) is 17.0 Å². The van der Waals surface area contributed by atoms with E-state index in [2.05, 4.69) is 51.9 Å². The first kappa shape index (κ1) is 29.8. The van der Waals surface area contributed by atoms with Gasteiger partial charge in [-0.3, -0.25) is 14.1 Å². The Balaban J connectivity index is 1.28. The number of ether oxygens (including phenoxy) is 1. The van der Waals surface area contributed by atoms with Gasteiger partial charge in [0.2, 0.25) is 0 Å². The Hall–Kier alpha value is -3.65. The number of aromatic nitrogens is 2. The van der Waals surface area contributed by atoms with Gasteiger partial charge in [0, 0.05) is 43.9 Å². The first-order valence-corrected chi connectivity index (χ1v) is 14.9. The number of benzene rings is 1. The number of nitrogens with zero attached hydrogens (tertiary/aromatic N) is 4. The van der Waals surface area contributed by atoms with Gasteiger partial charge < -0.3 is 15.0 Å². The Morgan fingerprint density at radius 1 is 1.17 bits per heavy atom. The lowest BCUT2D eigenvalue weighted by Crippen LogP contribution is -2.45. The molecule has 1 atom stereocenters. The number of methoxy groups -OCH3 is 1. The van der Waals surface area contributed by atoms with E-state index >= 15 is 0 Å². The first-order valence-electron chi connectivity index (χ1n) is 14.1. The number of thioether (sulfide) groups is 1. The fraction of sp³-hybridized carbons (Fsp3) is 0.375. The summed E-state index contributed by atoms with van der Waals surface area (Å²) in [6, 6.07) is 8.34. The summed E-state index contributed by atoms with van der Waals surface area (Å²) >= 11 is 1.36. The summed E-state index contributed by atoms with van der Waals surface area (Å²) in [7, 11) is 1.61. The Morgan fingerprint density at radius 2 is 1.95 bits per heavy atom. The van der Waals surface area contributed by atoms with Gasteiger partial charge in [-0.2, -0.15) is 0 Å². The van der Waals surface area contributed by atoms with Crippen LogP contribution in [0.2, 0.25) is 0 Å². The summed E-state index contributed by atoms with van der Waals surface area (Å²) in [6.07, 6.45) is 5.62. The molecule has 1 fully saturated rings. The predicted octanol–water partition coefficient (Wildman–Crippen LogP) is 5.70. The van der Waals surface area contributed by atoms with Crippen LogP contribution in [-0.4, -0.2) is 64.9 Å². The molecule has 220 valence electrons. The smallest absolute Gasteiger partial charge is 0.264 e. The highest BCUT2D eigenvalue weighted by Gasteiger charge is 2.22. The van der Waals surface area contributed by atoms with Crippen LogP contribution < -0.4 is 10.1 Å². The molecule has 42 heavy (non-hydrogen) atoms. The van der Waals surface area contributed by atoms with E-state index in [1.807, 2.05) is 28.8 Å². The highest BCUT2D eigenvalue weighted by atomic mass is 32.2. The van der Waals surface area contributed by atoms with Crippen molar-refractivity contribution in [3.8, 4) is 17.6 Å². The van der Waals surface area contributed by atoms with Crippen LogP contribution >= 0.6 is 11.8 Å². The van der Waals surface area contributed by atoms with Gasteiger partial charge in [0.25, 0.3) is 12.3 Å². The van der Waals surface area contributed by atoms with Gasteiger partial charge in [-0.05, 0) is 54.6 Å². The van der Waals surface area contributed by atoms with E-state index in [4.69, 9.17) is 4.74 Å². The monoisotopic (exact) mass is 591 g/mol. The lowest BCUT2D eigenvalue weighted by molar-refractivity contribution is 0.0968. The van der Waals surface area contributed by atoms with Crippen LogP contribution in [-0.2, 0) is 6.54 Å². The zero-order valence-electron chi connectivity index (χ0n) is 24.1. The lowest BCUT2D eigenvalue weighted by Gasteiger charge is -2.34. The molecule has 3 aromatic rings. The van der Waals surface area contributed by atoms with Crippen LogP contribution in [0.5, 0.6) is 5.75 Å². The number of halogens is 2. The molecule has 2 aliphatic rings. The van der Waals surface area contributed by atoms with E-state index in [0.717, 1.165) is 43.3 Å². The number of hydrogen-bond acceptors (Lipinski definition) is 6. The molecule has 1 unspecified atom stereocenters. The molecule has 1 amide bonds. The van der Waals surface area contributed by atoms with Gasteiger partial charge in [-0.1, -0.05) is 49.7 Å². The lowest BCUT2D eigenvalue weighted by atomic mass is 10.0. The zero-order valence-corrected chi connectivity index (χ0v) is 24.9. The van der Waals surface area contributed by atoms with Crippen molar-refractivity contribution in [2.45, 2.75) is 33.2 Å². The van der Waals surface area contributed by atoms with Crippen molar-refractivity contribution in [3.05, 3.63) is 87.2 Å². The fourth-order valence-corrected chi connectivity index (χ4v) is 5.99. The quantitative estimate of drug-likeness (QED) is 0.356. The highest BCUT2D eigenvalue weighted by molar-refractivity contribution is 8.07. The number of fused-ring (bicyclic) bond motifs is 1. The number of carbonyl (C=O) groups is 1. The first-order chi connectivity index (χ1) is 20.3. The SMILES string of the molecule is CCN1CCN(Cc2ccc(C(=O)NC3=CCC(C)C=C(C#Cc4cnc5ccc(OC)cn45)S3)cc2C(F)F)CC1. The zero-order chi connectivity index (χ0) is 29.6. The molecule has 1 saturated heterocycles. The molecule has 7 nitrogen and oxygen atoms in total. The molecular weight excluding hydrogens is 556 g/mol. The number of alkyl halides is 2. The molecule has 2 aliphatic heterocycles. The predicted molar refractivity (Wildman–Crippen MR) is 162 cm³/mol. The number of imidazole rings is 1. The molecule has 0 spiro atoms. The van der Waals surface area contributed by atoms with Crippen LogP contribution in [0.25, 0.3) is 5.65 Å². The van der Waals surface area contributed by atoms with E-state index < -0.39 is 12.3 Å². The average molecular weight is 592 g/mol. The van der Waals surface area contributed by atoms with Gasteiger partial charge >= 0.3 is 0 Å². The molecule has 0 aliphatic carbocycles. The van der Waals surface area contributed by atoms with Crippen molar-refractivity contribution in [1.82, 2.24) is 24.5 Å². The maximum atomic E-state index is 14.1. The summed E-state index contributed by atoms with van der Waals surface area (Å²) in [5.74, 6) is 6.89. The minimum atomic E-state index is -2.67. The van der Waals surface area contributed by atoms with Gasteiger partial charge in [0.1, 0.15) is 17.1 Å². The van der Waals surface area contributed by atoms with E-state index in [9.17, 15) is 13.6 Å². The fourth-order valence-electron chi connectivity index (χ4n) is 5.03. The number of nitrogens with one attached hydrogen (secondary N) is 1. The Bertz CT molecular complexity index is 1560. The number of carbonyl (C=O) groups excluding carboxylic acids is 1. The number of likely N-dealkylation sites (N-methyl/N-ethyl adjacent to an activating group) is 1. The topological polar surface area (TPSA) is 62.1 Å². The number of amides is 1. The van der Waals surface area contributed by atoms with Crippen molar-refractivity contribution in [2.24, 2.45) is 5.92 Å². The third kappa shape index (κ3) is 7.21. The van der Waals surface area contributed by atoms with Gasteiger partial charge in [-0.25, -0.2) is 13.8 Å². The normalized spacial score (nSPS) is 18.2. The maximum absolute atomic E-state index is 14.1. The Labute approximate surface area is 249 Å². The standard InChI is InChI=1S/C32H35F2N5O2S/c1-4-37-13-15-38(16-14-37)20-24-7-6-23(18-28(24)31(33)34)32(40)36-30-12-5-22(2)17-27(42-30)10-8-25-19-35-29-11-9-26(41-3)21-39(25)29/h6-7,9,11-12,17-19,21-22,31H,4-5,13-16,20H2,1-3H3,(H,36,40). The molecule has 0 radical (unpaired) electrons. The van der Waals surface area contributed by atoms with E-state index in [1.54, 1.807) is 25.4 Å². The summed E-state index contributed by atoms with van der Waals surface area (Å²) in [4.78, 5) is 22.9. The number of allylic oxidation sites excluding steroid dienone is 3. The van der Waals surface area contributed by atoms with Crippen molar-refractivity contribution in [2.75, 3.05) is 39.8 Å². The number of hydrogen-bond donors (Lipinski definition) is 1. The van der Waals surface area contributed by atoms with E-state index in [1.165, 1.54) is 17.8 Å². The Morgan fingerprint density at radius 3 is 2.69 bits per heavy atom. The minimum Gasteiger partial charge on any atom is -0.495 e. The number of pyridine rings is 1. The van der Waals surface area contributed by atoms with Crippen LogP contribution in [0.3, 0.4) is 0 Å². The molecule has 0 saturated carbocycles. The van der Waals surface area contributed by atoms with Gasteiger partial charge in [-0.15, -0.1) is 0 Å². The second kappa shape index (κ2) is 13.6. The van der Waals surface area contributed by atoms with Gasteiger partial charge in [0.05, 0.1) is 29.4 Å². The molecule has 10 heteroatoms. The highest BCUT2D eigenvalue weighted by Crippen LogP contribution is 2.31. The van der Waals surface area contributed by atoms with Crippen LogP contribution in [0.15, 0.2) is 64.8 Å². The third-order valence-corrected chi connectivity index (χ3v) is 8.49. The molecule has 1 aromatic carbocycles. The summed E-state index contributed by atoms with van der Waals surface area (Å²) in [6.45, 7) is 9.20.